The lowest BCUT2D eigenvalue weighted by Crippen LogP contribution is -2.37. The van der Waals surface area contributed by atoms with E-state index in [1.165, 1.54) is 20.9 Å². The van der Waals surface area contributed by atoms with Crippen molar-refractivity contribution in [1.29, 1.82) is 0 Å². The van der Waals surface area contributed by atoms with Crippen molar-refractivity contribution in [1.82, 2.24) is 4.90 Å². The maximum Gasteiger partial charge on any atom is 0.407 e. The molecule has 5 heteroatoms. The molecular weight excluding hydrogens is 370 g/mol. The standard InChI is InChI=1S/C23H23NO3S/c25-23(26)24-14-4-8-19(24)16-27-20-12-10-18(11-13-20)22(21-9-5-15-28-21)17-6-2-1-3-7-17/h1-3,5-7,9-13,15,19,22H,4,8,14,16H2,(H,25,26)/t19-,22?/m0/s1. The molecule has 28 heavy (non-hydrogen) atoms. The maximum atomic E-state index is 11.3. The van der Waals surface area contributed by atoms with Crippen LogP contribution in [-0.2, 0) is 0 Å². The molecule has 4 nitrogen and oxygen atoms in total. The topological polar surface area (TPSA) is 49.8 Å². The van der Waals surface area contributed by atoms with Gasteiger partial charge in [0.2, 0.25) is 0 Å². The van der Waals surface area contributed by atoms with Crippen molar-refractivity contribution in [3.05, 3.63) is 88.1 Å². The molecule has 1 amide bonds. The molecule has 0 bridgehead atoms. The highest BCUT2D eigenvalue weighted by molar-refractivity contribution is 7.10. The quantitative estimate of drug-likeness (QED) is 0.606. The lowest BCUT2D eigenvalue weighted by molar-refractivity contribution is 0.123. The summed E-state index contributed by atoms with van der Waals surface area (Å²) in [5, 5.41) is 11.4. The fraction of sp³-hybridized carbons (Fsp3) is 0.261. The minimum atomic E-state index is -0.858. The number of carboxylic acid groups (broad SMARTS) is 1. The number of ether oxygens (including phenoxy) is 1. The molecule has 1 N–H and O–H groups in total. The third-order valence-electron chi connectivity index (χ3n) is 5.24. The summed E-state index contributed by atoms with van der Waals surface area (Å²) < 4.78 is 5.90. The van der Waals surface area contributed by atoms with Gasteiger partial charge in [-0.25, -0.2) is 4.79 Å². The molecule has 1 aliphatic rings. The Bertz CT molecular complexity index is 893. The van der Waals surface area contributed by atoms with Crippen LogP contribution < -0.4 is 4.74 Å². The highest BCUT2D eigenvalue weighted by Gasteiger charge is 2.28. The lowest BCUT2D eigenvalue weighted by atomic mass is 9.90. The molecule has 1 aromatic heterocycles. The van der Waals surface area contributed by atoms with E-state index in [1.807, 2.05) is 18.2 Å². The van der Waals surface area contributed by atoms with E-state index in [9.17, 15) is 9.90 Å². The second kappa shape index (κ2) is 8.48. The minimum absolute atomic E-state index is 0.0552. The predicted octanol–water partition coefficient (Wildman–Crippen LogP) is 5.45. The Hall–Kier alpha value is -2.79. The van der Waals surface area contributed by atoms with Gasteiger partial charge in [0.15, 0.2) is 0 Å². The van der Waals surface area contributed by atoms with Crippen LogP contribution >= 0.6 is 11.3 Å². The first-order chi connectivity index (χ1) is 13.7. The zero-order chi connectivity index (χ0) is 19.3. The van der Waals surface area contributed by atoms with Crippen molar-refractivity contribution >= 4 is 17.4 Å². The number of nitrogens with zero attached hydrogens (tertiary/aromatic N) is 1. The number of likely N-dealkylation sites (tertiary alicyclic amines) is 1. The highest BCUT2D eigenvalue weighted by atomic mass is 32.1. The number of thiophene rings is 1. The first-order valence-corrected chi connectivity index (χ1v) is 10.4. The van der Waals surface area contributed by atoms with Crippen LogP contribution in [0.25, 0.3) is 0 Å². The van der Waals surface area contributed by atoms with Crippen molar-refractivity contribution in [2.45, 2.75) is 24.8 Å². The van der Waals surface area contributed by atoms with Gasteiger partial charge in [-0.05, 0) is 47.5 Å². The van der Waals surface area contributed by atoms with Gasteiger partial charge in [0.25, 0.3) is 0 Å². The molecule has 0 spiro atoms. The van der Waals surface area contributed by atoms with E-state index in [4.69, 9.17) is 4.74 Å². The summed E-state index contributed by atoms with van der Waals surface area (Å²) >= 11 is 1.76. The van der Waals surface area contributed by atoms with Crippen LogP contribution in [0.3, 0.4) is 0 Å². The fourth-order valence-corrected chi connectivity index (χ4v) is 4.71. The van der Waals surface area contributed by atoms with Crippen LogP contribution in [0.2, 0.25) is 0 Å². The average Bonchev–Trinajstić information content (AvgIpc) is 3.41. The van der Waals surface area contributed by atoms with Gasteiger partial charge < -0.3 is 14.7 Å². The van der Waals surface area contributed by atoms with Gasteiger partial charge in [0.1, 0.15) is 12.4 Å². The van der Waals surface area contributed by atoms with Crippen LogP contribution in [0.5, 0.6) is 5.75 Å². The number of hydrogen-bond donors (Lipinski definition) is 1. The number of amides is 1. The Kier molecular flexibility index (Phi) is 5.63. The van der Waals surface area contributed by atoms with E-state index in [1.54, 1.807) is 11.3 Å². The van der Waals surface area contributed by atoms with Crippen molar-refractivity contribution in [2.24, 2.45) is 0 Å². The molecule has 2 heterocycles. The second-order valence-electron chi connectivity index (χ2n) is 7.01. The Labute approximate surface area is 169 Å². The second-order valence-corrected chi connectivity index (χ2v) is 7.99. The Balaban J connectivity index is 1.49. The molecule has 1 unspecified atom stereocenters. The molecule has 1 saturated heterocycles. The van der Waals surface area contributed by atoms with E-state index in [0.29, 0.717) is 13.2 Å². The summed E-state index contributed by atoms with van der Waals surface area (Å²) in [4.78, 5) is 14.1. The molecule has 1 aliphatic heterocycles. The smallest absolute Gasteiger partial charge is 0.407 e. The Morgan fingerprint density at radius 2 is 1.82 bits per heavy atom. The van der Waals surface area contributed by atoms with Crippen molar-refractivity contribution in [3.8, 4) is 5.75 Å². The van der Waals surface area contributed by atoms with Crippen LogP contribution in [-0.4, -0.2) is 35.3 Å². The fourth-order valence-electron chi connectivity index (χ4n) is 3.83. The van der Waals surface area contributed by atoms with Crippen LogP contribution in [0.15, 0.2) is 72.1 Å². The number of carbonyl (C=O) groups is 1. The predicted molar refractivity (Wildman–Crippen MR) is 111 cm³/mol. The highest BCUT2D eigenvalue weighted by Crippen LogP contribution is 2.35. The third-order valence-corrected chi connectivity index (χ3v) is 6.18. The summed E-state index contributed by atoms with van der Waals surface area (Å²) in [7, 11) is 0. The zero-order valence-corrected chi connectivity index (χ0v) is 16.3. The largest absolute Gasteiger partial charge is 0.491 e. The number of benzene rings is 2. The van der Waals surface area contributed by atoms with E-state index in [-0.39, 0.29) is 12.0 Å². The number of hydrogen-bond acceptors (Lipinski definition) is 3. The molecular formula is C23H23NO3S. The molecule has 2 atom stereocenters. The monoisotopic (exact) mass is 393 g/mol. The summed E-state index contributed by atoms with van der Waals surface area (Å²) in [6, 6.07) is 22.9. The van der Waals surface area contributed by atoms with E-state index >= 15 is 0 Å². The summed E-state index contributed by atoms with van der Waals surface area (Å²) in [6.45, 7) is 1.00. The Morgan fingerprint density at radius 1 is 1.07 bits per heavy atom. The van der Waals surface area contributed by atoms with Crippen LogP contribution in [0.4, 0.5) is 4.79 Å². The van der Waals surface area contributed by atoms with Crippen molar-refractivity contribution in [2.75, 3.05) is 13.2 Å². The van der Waals surface area contributed by atoms with Gasteiger partial charge in [0.05, 0.1) is 6.04 Å². The first-order valence-electron chi connectivity index (χ1n) is 9.53. The SMILES string of the molecule is O=C(O)N1CCC[C@H]1COc1ccc(C(c2ccccc2)c2cccs2)cc1. The first kappa shape index (κ1) is 18.6. The molecule has 2 aromatic carbocycles. The molecule has 0 saturated carbocycles. The molecule has 144 valence electrons. The van der Waals surface area contributed by atoms with Gasteiger partial charge >= 0.3 is 6.09 Å². The maximum absolute atomic E-state index is 11.3. The molecule has 0 aliphatic carbocycles. The normalized spacial score (nSPS) is 17.4. The van der Waals surface area contributed by atoms with E-state index in [0.717, 1.165) is 18.6 Å². The minimum Gasteiger partial charge on any atom is -0.491 e. The molecule has 0 radical (unpaired) electrons. The van der Waals surface area contributed by atoms with Crippen molar-refractivity contribution in [3.63, 3.8) is 0 Å². The average molecular weight is 394 g/mol. The van der Waals surface area contributed by atoms with Gasteiger partial charge in [-0.1, -0.05) is 48.5 Å². The van der Waals surface area contributed by atoms with Gasteiger partial charge in [0, 0.05) is 17.3 Å². The summed E-state index contributed by atoms with van der Waals surface area (Å²) in [5.74, 6) is 0.978. The van der Waals surface area contributed by atoms with E-state index < -0.39 is 6.09 Å². The van der Waals surface area contributed by atoms with Crippen LogP contribution in [0, 0.1) is 0 Å². The zero-order valence-electron chi connectivity index (χ0n) is 15.5. The summed E-state index contributed by atoms with van der Waals surface area (Å²) in [5.41, 5.74) is 2.48. The van der Waals surface area contributed by atoms with Crippen LogP contribution in [0.1, 0.15) is 34.8 Å². The van der Waals surface area contributed by atoms with Gasteiger partial charge in [-0.3, -0.25) is 0 Å². The lowest BCUT2D eigenvalue weighted by Gasteiger charge is -2.22. The number of rotatable bonds is 6. The Morgan fingerprint density at radius 3 is 2.50 bits per heavy atom. The molecule has 3 aromatic rings. The summed E-state index contributed by atoms with van der Waals surface area (Å²) in [6.07, 6.45) is 0.903. The van der Waals surface area contributed by atoms with Crippen molar-refractivity contribution < 1.29 is 14.6 Å². The third kappa shape index (κ3) is 4.04. The molecule has 4 rings (SSSR count). The van der Waals surface area contributed by atoms with Gasteiger partial charge in [-0.15, -0.1) is 11.3 Å². The van der Waals surface area contributed by atoms with Gasteiger partial charge in [-0.2, -0.15) is 0 Å². The molecule has 1 fully saturated rings. The van der Waals surface area contributed by atoms with E-state index in [2.05, 4.69) is 53.9 Å².